The van der Waals surface area contributed by atoms with Crippen molar-refractivity contribution in [2.45, 2.75) is 27.3 Å². The average molecular weight is 262 g/mol. The highest BCUT2D eigenvalue weighted by atomic mass is 16.4. The van der Waals surface area contributed by atoms with Crippen LogP contribution in [0, 0.1) is 6.92 Å². The van der Waals surface area contributed by atoms with Crippen LogP contribution in [-0.2, 0) is 6.54 Å². The molecule has 2 N–H and O–H groups in total. The van der Waals surface area contributed by atoms with Gasteiger partial charge in [-0.1, -0.05) is 0 Å². The van der Waals surface area contributed by atoms with Crippen LogP contribution < -0.4 is 10.5 Å². The molecular weight excluding hydrogens is 242 g/mol. The Bertz CT molecular complexity index is 642. The molecule has 0 aliphatic heterocycles. The van der Waals surface area contributed by atoms with Gasteiger partial charge in [0.1, 0.15) is 12.3 Å². The van der Waals surface area contributed by atoms with Crippen LogP contribution in [0.15, 0.2) is 27.4 Å². The van der Waals surface area contributed by atoms with Gasteiger partial charge in [0.2, 0.25) is 0 Å². The first-order valence-electron chi connectivity index (χ1n) is 6.65. The number of nitrogens with one attached hydrogen (secondary N) is 1. The Labute approximate surface area is 112 Å². The predicted molar refractivity (Wildman–Crippen MR) is 74.6 cm³/mol. The smallest absolute Gasteiger partial charge is 0.336 e. The van der Waals surface area contributed by atoms with E-state index in [1.54, 1.807) is 12.1 Å². The van der Waals surface area contributed by atoms with Crippen molar-refractivity contribution in [3.05, 3.63) is 39.7 Å². The molecule has 1 heterocycles. The Morgan fingerprint density at radius 1 is 1.26 bits per heavy atom. The molecule has 4 heteroatoms. The number of aromatic hydroxyl groups is 1. The monoisotopic (exact) mass is 262 g/mol. The fraction of sp³-hybridized carbons (Fsp3) is 0.400. The normalized spacial score (nSPS) is 11.4. The molecule has 0 saturated carbocycles. The summed E-state index contributed by atoms with van der Waals surface area (Å²) >= 11 is 0. The Balaban J connectivity index is 2.64. The van der Waals surface area contributed by atoms with Crippen LogP contribution in [0.3, 0.4) is 0 Å². The second-order valence-corrected chi connectivity index (χ2v) is 4.82. The van der Waals surface area contributed by atoms with Gasteiger partial charge in [-0.25, -0.2) is 4.79 Å². The molecule has 0 unspecified atom stereocenters. The van der Waals surface area contributed by atoms with Crippen molar-refractivity contribution in [3.63, 3.8) is 0 Å². The summed E-state index contributed by atoms with van der Waals surface area (Å²) in [4.78, 5) is 12.9. The highest BCUT2D eigenvalue weighted by molar-refractivity contribution is 5.84. The van der Waals surface area contributed by atoms with Crippen LogP contribution in [0.4, 0.5) is 0 Å². The molecule has 0 amide bonds. The van der Waals surface area contributed by atoms with E-state index in [1.807, 2.05) is 6.92 Å². The van der Waals surface area contributed by atoms with Crippen LogP contribution in [0.1, 0.15) is 25.0 Å². The van der Waals surface area contributed by atoms with Crippen molar-refractivity contribution < 1.29 is 14.4 Å². The fourth-order valence-electron chi connectivity index (χ4n) is 2.35. The molecule has 0 bridgehead atoms. The van der Waals surface area contributed by atoms with Crippen molar-refractivity contribution in [1.29, 1.82) is 0 Å². The summed E-state index contributed by atoms with van der Waals surface area (Å²) in [6.45, 7) is 8.66. The number of phenols is 1. The van der Waals surface area contributed by atoms with Crippen molar-refractivity contribution in [3.8, 4) is 5.75 Å². The molecule has 2 rings (SSSR count). The van der Waals surface area contributed by atoms with E-state index in [1.165, 1.54) is 11.0 Å². The van der Waals surface area contributed by atoms with Gasteiger partial charge in [-0.15, -0.1) is 0 Å². The minimum Gasteiger partial charge on any atom is -0.507 e. The Morgan fingerprint density at radius 3 is 2.58 bits per heavy atom. The summed E-state index contributed by atoms with van der Waals surface area (Å²) in [5.41, 5.74) is 1.75. The lowest BCUT2D eigenvalue weighted by molar-refractivity contribution is -0.910. The zero-order chi connectivity index (χ0) is 14.0. The molecule has 0 saturated heterocycles. The van der Waals surface area contributed by atoms with Gasteiger partial charge in [-0.05, 0) is 38.5 Å². The second-order valence-electron chi connectivity index (χ2n) is 4.82. The summed E-state index contributed by atoms with van der Waals surface area (Å²) < 4.78 is 5.32. The molecular formula is C15H20NO3+. The van der Waals surface area contributed by atoms with Crippen LogP contribution in [0.2, 0.25) is 0 Å². The van der Waals surface area contributed by atoms with Crippen molar-refractivity contribution in [2.24, 2.45) is 0 Å². The van der Waals surface area contributed by atoms with Crippen LogP contribution in [0.5, 0.6) is 5.75 Å². The largest absolute Gasteiger partial charge is 0.507 e. The molecule has 0 radical (unpaired) electrons. The van der Waals surface area contributed by atoms with Gasteiger partial charge in [0.15, 0.2) is 5.58 Å². The second kappa shape index (κ2) is 5.45. The number of aryl methyl sites for hydroxylation is 1. The third-order valence-electron chi connectivity index (χ3n) is 3.62. The van der Waals surface area contributed by atoms with Gasteiger partial charge in [0.25, 0.3) is 0 Å². The van der Waals surface area contributed by atoms with Crippen LogP contribution in [-0.4, -0.2) is 18.2 Å². The maximum Gasteiger partial charge on any atom is 0.336 e. The van der Waals surface area contributed by atoms with Gasteiger partial charge >= 0.3 is 5.63 Å². The number of benzene rings is 1. The van der Waals surface area contributed by atoms with Gasteiger partial charge < -0.3 is 14.4 Å². The number of rotatable bonds is 4. The number of phenolic OH excluding ortho intramolecular Hbond substituents is 1. The third kappa shape index (κ3) is 2.63. The molecule has 0 aliphatic carbocycles. The molecule has 4 nitrogen and oxygen atoms in total. The molecule has 102 valence electrons. The molecule has 1 aromatic heterocycles. The number of hydrogen-bond acceptors (Lipinski definition) is 3. The molecule has 1 aromatic carbocycles. The SMILES string of the molecule is CC[NH+](CC)Cc1c(O)ccc2c(C)cc(=O)oc12. The lowest BCUT2D eigenvalue weighted by Crippen LogP contribution is -3.10. The highest BCUT2D eigenvalue weighted by Crippen LogP contribution is 2.27. The predicted octanol–water partition coefficient (Wildman–Crippen LogP) is 1.23. The standard InChI is InChI=1S/C15H19NO3/c1-4-16(5-2)9-12-13(17)7-6-11-10(3)8-14(18)19-15(11)12/h6-8,17H,4-5,9H2,1-3H3/p+1. The summed E-state index contributed by atoms with van der Waals surface area (Å²) in [6, 6.07) is 4.95. The highest BCUT2D eigenvalue weighted by Gasteiger charge is 2.16. The molecule has 19 heavy (non-hydrogen) atoms. The summed E-state index contributed by atoms with van der Waals surface area (Å²) in [5, 5.41) is 10.9. The molecule has 0 spiro atoms. The van der Waals surface area contributed by atoms with E-state index in [2.05, 4.69) is 13.8 Å². The van der Waals surface area contributed by atoms with Crippen LogP contribution in [0.25, 0.3) is 11.0 Å². The van der Waals surface area contributed by atoms with Crippen molar-refractivity contribution >= 4 is 11.0 Å². The summed E-state index contributed by atoms with van der Waals surface area (Å²) in [5.74, 6) is 0.195. The minimum absolute atomic E-state index is 0.195. The first-order valence-corrected chi connectivity index (χ1v) is 6.65. The molecule has 0 atom stereocenters. The van der Waals surface area contributed by atoms with Gasteiger partial charge in [-0.2, -0.15) is 0 Å². The maximum absolute atomic E-state index is 11.5. The maximum atomic E-state index is 11.5. The quantitative estimate of drug-likeness (QED) is 0.815. The van der Waals surface area contributed by atoms with Crippen LogP contribution >= 0.6 is 0 Å². The molecule has 0 aliphatic rings. The first kappa shape index (κ1) is 13.6. The lowest BCUT2D eigenvalue weighted by Gasteiger charge is -2.17. The van der Waals surface area contributed by atoms with E-state index < -0.39 is 0 Å². The fourth-order valence-corrected chi connectivity index (χ4v) is 2.35. The first-order chi connectivity index (χ1) is 9.06. The van der Waals surface area contributed by atoms with E-state index in [9.17, 15) is 9.90 Å². The topological polar surface area (TPSA) is 54.9 Å². The van der Waals surface area contributed by atoms with E-state index in [4.69, 9.17) is 4.42 Å². The zero-order valence-corrected chi connectivity index (χ0v) is 11.6. The van der Waals surface area contributed by atoms with Gasteiger partial charge in [-0.3, -0.25) is 0 Å². The van der Waals surface area contributed by atoms with Gasteiger partial charge in [0, 0.05) is 11.5 Å². The van der Waals surface area contributed by atoms with Crippen molar-refractivity contribution in [1.82, 2.24) is 0 Å². The average Bonchev–Trinajstić information content (AvgIpc) is 2.37. The Kier molecular flexibility index (Phi) is 3.90. The number of fused-ring (bicyclic) bond motifs is 1. The van der Waals surface area contributed by atoms with E-state index in [-0.39, 0.29) is 11.4 Å². The minimum atomic E-state index is -0.369. The number of hydrogen-bond donors (Lipinski definition) is 2. The molecule has 0 fully saturated rings. The van der Waals surface area contributed by atoms with E-state index in [0.29, 0.717) is 12.1 Å². The van der Waals surface area contributed by atoms with Crippen molar-refractivity contribution in [2.75, 3.05) is 13.1 Å². The summed E-state index contributed by atoms with van der Waals surface area (Å²) in [6.07, 6.45) is 0. The van der Waals surface area contributed by atoms with E-state index >= 15 is 0 Å². The third-order valence-corrected chi connectivity index (χ3v) is 3.62. The number of quaternary nitrogens is 1. The van der Waals surface area contributed by atoms with E-state index in [0.717, 1.165) is 29.6 Å². The Hall–Kier alpha value is -1.81. The van der Waals surface area contributed by atoms with Gasteiger partial charge in [0.05, 0.1) is 18.7 Å². The summed E-state index contributed by atoms with van der Waals surface area (Å²) in [7, 11) is 0. The molecule has 2 aromatic rings. The zero-order valence-electron chi connectivity index (χ0n) is 11.6. The lowest BCUT2D eigenvalue weighted by atomic mass is 10.1. The Morgan fingerprint density at radius 2 is 1.95 bits per heavy atom.